The van der Waals surface area contributed by atoms with E-state index in [9.17, 15) is 4.79 Å². The minimum Gasteiger partial charge on any atom is -0.335 e. The largest absolute Gasteiger partial charge is 0.335 e. The number of carbonyl (C=O) groups is 1. The first-order valence-corrected chi connectivity index (χ1v) is 10.2. The van der Waals surface area contributed by atoms with Crippen LogP contribution in [0.5, 0.6) is 0 Å². The molecular weight excluding hydrogens is 318 g/mol. The van der Waals surface area contributed by atoms with Gasteiger partial charge in [0.25, 0.3) is 5.91 Å². The van der Waals surface area contributed by atoms with Crippen LogP contribution in [0.3, 0.4) is 0 Å². The molecule has 1 unspecified atom stereocenters. The molecular formula is C19H31N3OS. The third-order valence-electron chi connectivity index (χ3n) is 5.60. The van der Waals surface area contributed by atoms with Crippen molar-refractivity contribution in [3.8, 4) is 0 Å². The molecule has 2 aliphatic rings. The van der Waals surface area contributed by atoms with Gasteiger partial charge in [0.1, 0.15) is 0 Å². The Labute approximate surface area is 150 Å². The van der Waals surface area contributed by atoms with Crippen LogP contribution in [0.2, 0.25) is 0 Å². The molecule has 0 N–H and O–H groups in total. The number of aryl methyl sites for hydroxylation is 2. The number of likely N-dealkylation sites (N-methyl/N-ethyl adjacent to an activating group) is 1. The highest BCUT2D eigenvalue weighted by Gasteiger charge is 2.27. The predicted molar refractivity (Wildman–Crippen MR) is 101 cm³/mol. The van der Waals surface area contributed by atoms with E-state index in [-0.39, 0.29) is 5.91 Å². The molecule has 1 aromatic rings. The summed E-state index contributed by atoms with van der Waals surface area (Å²) in [5.74, 6) is 0.234. The molecule has 0 aromatic carbocycles. The molecule has 0 aliphatic carbocycles. The maximum absolute atomic E-state index is 12.7. The fourth-order valence-corrected chi connectivity index (χ4v) is 5.02. The lowest BCUT2D eigenvalue weighted by molar-refractivity contribution is 0.0569. The van der Waals surface area contributed by atoms with Crippen molar-refractivity contribution in [2.75, 3.05) is 46.3 Å². The van der Waals surface area contributed by atoms with Gasteiger partial charge in [-0.25, -0.2) is 0 Å². The minimum atomic E-state index is 0.234. The molecule has 3 rings (SSSR count). The van der Waals surface area contributed by atoms with Crippen LogP contribution in [0.1, 0.15) is 46.3 Å². The molecule has 0 radical (unpaired) electrons. The summed E-state index contributed by atoms with van der Waals surface area (Å²) in [4.78, 5) is 22.1. The van der Waals surface area contributed by atoms with E-state index in [0.717, 1.165) is 44.0 Å². The van der Waals surface area contributed by atoms with E-state index in [0.29, 0.717) is 6.04 Å². The number of likely N-dealkylation sites (tertiary alicyclic amines) is 1. The summed E-state index contributed by atoms with van der Waals surface area (Å²) >= 11 is 1.68. The summed E-state index contributed by atoms with van der Waals surface area (Å²) in [6.07, 6.45) is 5.05. The molecule has 134 valence electrons. The lowest BCUT2D eigenvalue weighted by Crippen LogP contribution is -2.52. The number of piperazine rings is 1. The highest BCUT2D eigenvalue weighted by molar-refractivity contribution is 7.14. The van der Waals surface area contributed by atoms with E-state index in [4.69, 9.17) is 0 Å². The van der Waals surface area contributed by atoms with Crippen molar-refractivity contribution in [2.24, 2.45) is 0 Å². The van der Waals surface area contributed by atoms with E-state index < -0.39 is 0 Å². The number of rotatable bonds is 4. The first kappa shape index (κ1) is 17.9. The van der Waals surface area contributed by atoms with Crippen LogP contribution in [-0.4, -0.2) is 73.0 Å². The summed E-state index contributed by atoms with van der Waals surface area (Å²) in [6.45, 7) is 10.4. The standard InChI is InChI=1S/C19H31N3OS/c1-4-17-15(2)13-18(24-17)19(23)22-11-9-21(10-12-22)14-16-7-5-6-8-20(16)3/h13,16H,4-12,14H2,1-3H3. The molecule has 0 bridgehead atoms. The monoisotopic (exact) mass is 349 g/mol. The van der Waals surface area contributed by atoms with Crippen molar-refractivity contribution in [1.29, 1.82) is 0 Å². The van der Waals surface area contributed by atoms with Gasteiger partial charge in [0.15, 0.2) is 0 Å². The van der Waals surface area contributed by atoms with E-state index in [1.165, 1.54) is 36.2 Å². The molecule has 2 aliphatic heterocycles. The molecule has 0 spiro atoms. The van der Waals surface area contributed by atoms with Gasteiger partial charge < -0.3 is 9.80 Å². The molecule has 24 heavy (non-hydrogen) atoms. The van der Waals surface area contributed by atoms with Crippen LogP contribution < -0.4 is 0 Å². The summed E-state index contributed by atoms with van der Waals surface area (Å²) in [5.41, 5.74) is 1.27. The zero-order valence-corrected chi connectivity index (χ0v) is 16.2. The van der Waals surface area contributed by atoms with Crippen molar-refractivity contribution in [1.82, 2.24) is 14.7 Å². The number of carbonyl (C=O) groups excluding carboxylic acids is 1. The van der Waals surface area contributed by atoms with E-state index in [1.807, 2.05) is 4.90 Å². The Hall–Kier alpha value is -0.910. The Morgan fingerprint density at radius 3 is 2.58 bits per heavy atom. The third kappa shape index (κ3) is 4.01. The van der Waals surface area contributed by atoms with Crippen LogP contribution in [0.25, 0.3) is 0 Å². The number of amides is 1. The molecule has 2 saturated heterocycles. The van der Waals surface area contributed by atoms with Crippen molar-refractivity contribution < 1.29 is 4.79 Å². The predicted octanol–water partition coefficient (Wildman–Crippen LogP) is 2.86. The second-order valence-corrected chi connectivity index (χ2v) is 8.43. The molecule has 0 saturated carbocycles. The number of piperidine rings is 1. The normalized spacial score (nSPS) is 23.6. The van der Waals surface area contributed by atoms with Gasteiger partial charge in [-0.1, -0.05) is 13.3 Å². The van der Waals surface area contributed by atoms with Gasteiger partial charge >= 0.3 is 0 Å². The zero-order chi connectivity index (χ0) is 17.1. The van der Waals surface area contributed by atoms with Gasteiger partial charge in [-0.15, -0.1) is 11.3 Å². The lowest BCUT2D eigenvalue weighted by Gasteiger charge is -2.40. The minimum absolute atomic E-state index is 0.234. The van der Waals surface area contributed by atoms with Crippen LogP contribution in [0.4, 0.5) is 0 Å². The SMILES string of the molecule is CCc1sc(C(=O)N2CCN(CC3CCCCN3C)CC2)cc1C. The second kappa shape index (κ2) is 7.98. The molecule has 2 fully saturated rings. The maximum Gasteiger partial charge on any atom is 0.264 e. The van der Waals surface area contributed by atoms with Crippen LogP contribution in [0, 0.1) is 6.92 Å². The van der Waals surface area contributed by atoms with Gasteiger partial charge in [-0.2, -0.15) is 0 Å². The number of hydrogen-bond donors (Lipinski definition) is 0. The van der Waals surface area contributed by atoms with Crippen molar-refractivity contribution in [3.05, 3.63) is 21.4 Å². The van der Waals surface area contributed by atoms with Gasteiger partial charge in [-0.3, -0.25) is 9.69 Å². The lowest BCUT2D eigenvalue weighted by atomic mass is 10.0. The van der Waals surface area contributed by atoms with E-state index in [2.05, 4.69) is 36.8 Å². The summed E-state index contributed by atoms with van der Waals surface area (Å²) in [7, 11) is 2.26. The van der Waals surface area contributed by atoms with Gasteiger partial charge in [0.2, 0.25) is 0 Å². The Kier molecular flexibility index (Phi) is 5.95. The quantitative estimate of drug-likeness (QED) is 0.836. The summed E-state index contributed by atoms with van der Waals surface area (Å²) < 4.78 is 0. The average Bonchev–Trinajstić information content (AvgIpc) is 2.98. The molecule has 1 aromatic heterocycles. The Morgan fingerprint density at radius 2 is 1.96 bits per heavy atom. The number of hydrogen-bond acceptors (Lipinski definition) is 4. The fraction of sp³-hybridized carbons (Fsp3) is 0.737. The Balaban J connectivity index is 1.51. The molecule has 1 amide bonds. The van der Waals surface area contributed by atoms with Crippen LogP contribution >= 0.6 is 11.3 Å². The molecule has 3 heterocycles. The fourth-order valence-electron chi connectivity index (χ4n) is 3.94. The topological polar surface area (TPSA) is 26.8 Å². The maximum atomic E-state index is 12.7. The Morgan fingerprint density at radius 1 is 1.21 bits per heavy atom. The zero-order valence-electron chi connectivity index (χ0n) is 15.4. The summed E-state index contributed by atoms with van der Waals surface area (Å²) in [5, 5.41) is 0. The second-order valence-electron chi connectivity index (χ2n) is 7.29. The molecule has 4 nitrogen and oxygen atoms in total. The molecule has 1 atom stereocenters. The van der Waals surface area contributed by atoms with Crippen LogP contribution in [0.15, 0.2) is 6.07 Å². The third-order valence-corrected chi connectivity index (χ3v) is 6.97. The average molecular weight is 350 g/mol. The van der Waals surface area contributed by atoms with E-state index >= 15 is 0 Å². The van der Waals surface area contributed by atoms with Crippen molar-refractivity contribution in [2.45, 2.75) is 45.6 Å². The highest BCUT2D eigenvalue weighted by Crippen LogP contribution is 2.24. The van der Waals surface area contributed by atoms with Gasteiger partial charge in [-0.05, 0) is 51.4 Å². The van der Waals surface area contributed by atoms with Gasteiger partial charge in [0, 0.05) is 43.6 Å². The smallest absolute Gasteiger partial charge is 0.264 e. The van der Waals surface area contributed by atoms with Crippen molar-refractivity contribution in [3.63, 3.8) is 0 Å². The number of nitrogens with zero attached hydrogens (tertiary/aromatic N) is 3. The Bertz CT molecular complexity index is 563. The first-order valence-electron chi connectivity index (χ1n) is 9.39. The van der Waals surface area contributed by atoms with Gasteiger partial charge in [0.05, 0.1) is 4.88 Å². The summed E-state index contributed by atoms with van der Waals surface area (Å²) in [6, 6.07) is 2.78. The first-order chi connectivity index (χ1) is 11.6. The van der Waals surface area contributed by atoms with Crippen molar-refractivity contribution >= 4 is 17.2 Å². The highest BCUT2D eigenvalue weighted by atomic mass is 32.1. The van der Waals surface area contributed by atoms with Crippen LogP contribution in [-0.2, 0) is 6.42 Å². The van der Waals surface area contributed by atoms with E-state index in [1.54, 1.807) is 11.3 Å². The number of thiophene rings is 1. The molecule has 5 heteroatoms.